The molecule has 2 heterocycles. The summed E-state index contributed by atoms with van der Waals surface area (Å²) in [6.45, 7) is 3.04. The molecule has 1 aromatic carbocycles. The van der Waals surface area contributed by atoms with Crippen molar-refractivity contribution in [3.8, 4) is 23.1 Å². The standard InChI is InChI=1S/C26H31N3O5/c1-18-16-19(10-12-22(18)32-15-5-9-24(30)31)11-13-23-28-26(34-29-23)21-8-4-14-27-25(21)33-17-20-6-2-3-7-20/h4,8,10,12,14,16,20H,2-3,5-7,9,11,13,15,17H2,1H3,(H,30,31). The van der Waals surface area contributed by atoms with E-state index >= 15 is 0 Å². The SMILES string of the molecule is Cc1cc(CCc2noc(-c3cccnc3OCC3CCCC3)n2)ccc1OCCCC(=O)O. The number of carboxylic acids is 1. The molecule has 0 aliphatic heterocycles. The van der Waals surface area contributed by atoms with Crippen molar-refractivity contribution >= 4 is 5.97 Å². The van der Waals surface area contributed by atoms with Gasteiger partial charge in [0, 0.05) is 19.0 Å². The fourth-order valence-corrected chi connectivity index (χ4v) is 4.20. The Bertz CT molecular complexity index is 1090. The molecule has 0 radical (unpaired) electrons. The minimum atomic E-state index is -0.809. The summed E-state index contributed by atoms with van der Waals surface area (Å²) in [5, 5.41) is 12.9. The Balaban J connectivity index is 1.32. The van der Waals surface area contributed by atoms with Gasteiger partial charge in [-0.2, -0.15) is 4.98 Å². The number of pyridine rings is 1. The van der Waals surface area contributed by atoms with Crippen LogP contribution in [0.5, 0.6) is 11.6 Å². The fraction of sp³-hybridized carbons (Fsp3) is 0.462. The molecule has 2 aromatic heterocycles. The van der Waals surface area contributed by atoms with Crippen LogP contribution < -0.4 is 9.47 Å². The Hall–Kier alpha value is -3.42. The number of hydrogen-bond donors (Lipinski definition) is 1. The van der Waals surface area contributed by atoms with Crippen molar-refractivity contribution in [2.75, 3.05) is 13.2 Å². The van der Waals surface area contributed by atoms with Crippen molar-refractivity contribution in [1.29, 1.82) is 0 Å². The molecule has 8 heteroatoms. The first-order valence-electron chi connectivity index (χ1n) is 11.9. The number of carbonyl (C=O) groups is 1. The van der Waals surface area contributed by atoms with Crippen LogP contribution in [0.1, 0.15) is 55.5 Å². The van der Waals surface area contributed by atoms with E-state index in [1.807, 2.05) is 31.2 Å². The van der Waals surface area contributed by atoms with Gasteiger partial charge in [-0.1, -0.05) is 30.1 Å². The van der Waals surface area contributed by atoms with Crippen LogP contribution in [0.15, 0.2) is 41.1 Å². The molecule has 3 aromatic rings. The third kappa shape index (κ3) is 6.56. The van der Waals surface area contributed by atoms with E-state index in [0.29, 0.717) is 49.6 Å². The second kappa shape index (κ2) is 11.6. The van der Waals surface area contributed by atoms with Crippen LogP contribution in [0, 0.1) is 12.8 Å². The van der Waals surface area contributed by atoms with Crippen molar-refractivity contribution < 1.29 is 23.9 Å². The molecule has 1 aliphatic carbocycles. The Morgan fingerprint density at radius 1 is 1.18 bits per heavy atom. The normalized spacial score (nSPS) is 13.8. The van der Waals surface area contributed by atoms with Crippen LogP contribution >= 0.6 is 0 Å². The summed E-state index contributed by atoms with van der Waals surface area (Å²) < 4.78 is 17.2. The zero-order valence-corrected chi connectivity index (χ0v) is 19.5. The Kier molecular flexibility index (Phi) is 8.12. The van der Waals surface area contributed by atoms with Crippen LogP contribution in [-0.4, -0.2) is 39.4 Å². The minimum Gasteiger partial charge on any atom is -0.493 e. The molecule has 4 rings (SSSR count). The van der Waals surface area contributed by atoms with Crippen LogP contribution in [0.25, 0.3) is 11.5 Å². The lowest BCUT2D eigenvalue weighted by Gasteiger charge is -2.11. The molecule has 1 aliphatic rings. The number of carboxylic acid groups (broad SMARTS) is 1. The molecule has 0 atom stereocenters. The summed E-state index contributed by atoms with van der Waals surface area (Å²) in [7, 11) is 0. The van der Waals surface area contributed by atoms with Gasteiger partial charge in [-0.25, -0.2) is 4.98 Å². The minimum absolute atomic E-state index is 0.108. The molecule has 8 nitrogen and oxygen atoms in total. The highest BCUT2D eigenvalue weighted by atomic mass is 16.5. The molecule has 0 amide bonds. The van der Waals surface area contributed by atoms with Crippen molar-refractivity contribution in [2.24, 2.45) is 5.92 Å². The number of aliphatic carboxylic acids is 1. The number of benzene rings is 1. The number of ether oxygens (including phenoxy) is 2. The van der Waals surface area contributed by atoms with Crippen LogP contribution in [-0.2, 0) is 17.6 Å². The monoisotopic (exact) mass is 465 g/mol. The Morgan fingerprint density at radius 3 is 2.82 bits per heavy atom. The number of aryl methyl sites for hydroxylation is 3. The Labute approximate surface area is 199 Å². The van der Waals surface area contributed by atoms with Crippen molar-refractivity contribution in [1.82, 2.24) is 15.1 Å². The highest BCUT2D eigenvalue weighted by molar-refractivity contribution is 5.66. The summed E-state index contributed by atoms with van der Waals surface area (Å²) in [6.07, 6.45) is 8.69. The van der Waals surface area contributed by atoms with E-state index in [2.05, 4.69) is 21.2 Å². The highest BCUT2D eigenvalue weighted by Gasteiger charge is 2.19. The fourth-order valence-electron chi connectivity index (χ4n) is 4.20. The van der Waals surface area contributed by atoms with Gasteiger partial charge < -0.3 is 19.1 Å². The summed E-state index contributed by atoms with van der Waals surface area (Å²) in [5.41, 5.74) is 2.88. The molecule has 1 fully saturated rings. The Morgan fingerprint density at radius 2 is 2.03 bits per heavy atom. The van der Waals surface area contributed by atoms with Gasteiger partial charge in [0.05, 0.1) is 13.2 Å². The van der Waals surface area contributed by atoms with Gasteiger partial charge in [-0.3, -0.25) is 4.79 Å². The molecular formula is C26H31N3O5. The van der Waals surface area contributed by atoms with Crippen molar-refractivity contribution in [3.05, 3.63) is 53.5 Å². The lowest BCUT2D eigenvalue weighted by atomic mass is 10.1. The van der Waals surface area contributed by atoms with Gasteiger partial charge in [0.1, 0.15) is 11.3 Å². The summed E-state index contributed by atoms with van der Waals surface area (Å²) in [6, 6.07) is 9.75. The van der Waals surface area contributed by atoms with E-state index in [1.54, 1.807) is 6.20 Å². The van der Waals surface area contributed by atoms with Crippen LogP contribution in [0.2, 0.25) is 0 Å². The maximum absolute atomic E-state index is 10.6. The maximum Gasteiger partial charge on any atom is 0.303 e. The molecule has 1 N–H and O–H groups in total. The molecular weight excluding hydrogens is 434 g/mol. The van der Waals surface area contributed by atoms with Crippen molar-refractivity contribution in [3.63, 3.8) is 0 Å². The van der Waals surface area contributed by atoms with E-state index in [9.17, 15) is 4.79 Å². The number of nitrogens with zero attached hydrogens (tertiary/aromatic N) is 3. The first kappa shape index (κ1) is 23.7. The molecule has 0 bridgehead atoms. The maximum atomic E-state index is 10.6. The molecule has 0 spiro atoms. The zero-order valence-electron chi connectivity index (χ0n) is 19.5. The number of aromatic nitrogens is 3. The molecule has 34 heavy (non-hydrogen) atoms. The van der Waals surface area contributed by atoms with Gasteiger partial charge in [0.2, 0.25) is 5.88 Å². The zero-order chi connectivity index (χ0) is 23.8. The molecule has 0 saturated heterocycles. The average molecular weight is 466 g/mol. The van der Waals surface area contributed by atoms with E-state index in [0.717, 1.165) is 28.9 Å². The lowest BCUT2D eigenvalue weighted by Crippen LogP contribution is -2.09. The van der Waals surface area contributed by atoms with Gasteiger partial charge in [0.15, 0.2) is 5.82 Å². The van der Waals surface area contributed by atoms with Crippen molar-refractivity contribution in [2.45, 2.75) is 58.3 Å². The second-order valence-electron chi connectivity index (χ2n) is 8.78. The van der Waals surface area contributed by atoms with E-state index in [1.165, 1.54) is 25.7 Å². The largest absolute Gasteiger partial charge is 0.493 e. The van der Waals surface area contributed by atoms with E-state index in [4.69, 9.17) is 19.1 Å². The van der Waals surface area contributed by atoms with Gasteiger partial charge >= 0.3 is 5.97 Å². The second-order valence-corrected chi connectivity index (χ2v) is 8.78. The summed E-state index contributed by atoms with van der Waals surface area (Å²) >= 11 is 0. The quantitative estimate of drug-likeness (QED) is 0.371. The van der Waals surface area contributed by atoms with Crippen LogP contribution in [0.3, 0.4) is 0 Å². The van der Waals surface area contributed by atoms with Gasteiger partial charge in [0.25, 0.3) is 5.89 Å². The summed E-state index contributed by atoms with van der Waals surface area (Å²) in [5.74, 6) is 2.16. The first-order valence-corrected chi connectivity index (χ1v) is 11.9. The van der Waals surface area contributed by atoms with Crippen LogP contribution in [0.4, 0.5) is 0 Å². The van der Waals surface area contributed by atoms with Gasteiger partial charge in [-0.15, -0.1) is 0 Å². The molecule has 180 valence electrons. The average Bonchev–Trinajstić information content (AvgIpc) is 3.52. The summed E-state index contributed by atoms with van der Waals surface area (Å²) in [4.78, 5) is 19.6. The predicted molar refractivity (Wildman–Crippen MR) is 126 cm³/mol. The lowest BCUT2D eigenvalue weighted by molar-refractivity contribution is -0.137. The number of hydrogen-bond acceptors (Lipinski definition) is 7. The molecule has 0 unspecified atom stereocenters. The molecule has 1 saturated carbocycles. The number of rotatable bonds is 12. The van der Waals surface area contributed by atoms with Gasteiger partial charge in [-0.05, 0) is 67.9 Å². The third-order valence-corrected chi connectivity index (χ3v) is 6.07. The van der Waals surface area contributed by atoms with E-state index in [-0.39, 0.29) is 6.42 Å². The van der Waals surface area contributed by atoms with E-state index < -0.39 is 5.97 Å². The smallest absolute Gasteiger partial charge is 0.303 e. The predicted octanol–water partition coefficient (Wildman–Crippen LogP) is 5.04. The third-order valence-electron chi connectivity index (χ3n) is 6.07. The first-order chi connectivity index (χ1) is 16.6. The highest BCUT2D eigenvalue weighted by Crippen LogP contribution is 2.30. The topological polar surface area (TPSA) is 108 Å².